The number of hydrogen-bond donors (Lipinski definition) is 2. The van der Waals surface area contributed by atoms with Crippen LogP contribution in [0.2, 0.25) is 0 Å². The van der Waals surface area contributed by atoms with E-state index in [1.54, 1.807) is 0 Å². The summed E-state index contributed by atoms with van der Waals surface area (Å²) in [5.74, 6) is 0.534. The minimum absolute atomic E-state index is 0.274. The molecule has 3 atom stereocenters. The monoisotopic (exact) mass is 286 g/mol. The summed E-state index contributed by atoms with van der Waals surface area (Å²) < 4.78 is 0. The van der Waals surface area contributed by atoms with Crippen LogP contribution in [0.4, 0.5) is 5.69 Å². The lowest BCUT2D eigenvalue weighted by atomic mass is 9.69. The number of carbonyl (C=O) groups is 1. The van der Waals surface area contributed by atoms with Gasteiger partial charge in [-0.15, -0.1) is 0 Å². The predicted molar refractivity (Wildman–Crippen MR) is 86.0 cm³/mol. The molecule has 3 rings (SSSR count). The van der Waals surface area contributed by atoms with Crippen LogP contribution in [0.3, 0.4) is 0 Å². The van der Waals surface area contributed by atoms with Gasteiger partial charge in [0.15, 0.2) is 0 Å². The largest absolute Gasteiger partial charge is 0.381 e. The molecule has 3 N–H and O–H groups in total. The van der Waals surface area contributed by atoms with Gasteiger partial charge in [0, 0.05) is 11.7 Å². The molecular weight excluding hydrogens is 260 g/mol. The van der Waals surface area contributed by atoms with Crippen LogP contribution in [-0.4, -0.2) is 11.9 Å². The number of fused-ring (bicyclic) bond motifs is 2. The van der Waals surface area contributed by atoms with Gasteiger partial charge in [-0.1, -0.05) is 39.0 Å². The molecule has 114 valence electrons. The van der Waals surface area contributed by atoms with E-state index in [9.17, 15) is 4.79 Å². The minimum Gasteiger partial charge on any atom is -0.381 e. The molecule has 0 aromatic heterocycles. The molecule has 21 heavy (non-hydrogen) atoms. The maximum atomic E-state index is 11.2. The van der Waals surface area contributed by atoms with Gasteiger partial charge in [0.1, 0.15) is 0 Å². The number of benzene rings is 1. The lowest BCUT2D eigenvalue weighted by Gasteiger charge is -2.40. The molecule has 2 fully saturated rings. The zero-order chi connectivity index (χ0) is 15.3. The predicted octanol–water partition coefficient (Wildman–Crippen LogP) is 3.34. The average molecular weight is 286 g/mol. The number of para-hydroxylation sites is 1. The third-order valence-electron chi connectivity index (χ3n) is 6.51. The molecule has 3 heteroatoms. The van der Waals surface area contributed by atoms with E-state index < -0.39 is 0 Å². The van der Waals surface area contributed by atoms with E-state index in [1.165, 1.54) is 19.3 Å². The van der Waals surface area contributed by atoms with Gasteiger partial charge in [-0.05, 0) is 47.6 Å². The van der Waals surface area contributed by atoms with Gasteiger partial charge in [0.2, 0.25) is 5.91 Å². The molecule has 1 aromatic rings. The Morgan fingerprint density at radius 2 is 2.05 bits per heavy atom. The van der Waals surface area contributed by atoms with Crippen molar-refractivity contribution in [1.29, 1.82) is 0 Å². The van der Waals surface area contributed by atoms with Crippen molar-refractivity contribution in [2.75, 3.05) is 5.32 Å². The summed E-state index contributed by atoms with van der Waals surface area (Å²) in [7, 11) is 0. The number of carbonyl (C=O) groups excluding carboxylic acids is 1. The Hall–Kier alpha value is -1.51. The van der Waals surface area contributed by atoms with Crippen LogP contribution in [0.1, 0.15) is 45.6 Å². The molecular formula is C18H26N2O. The van der Waals surface area contributed by atoms with Gasteiger partial charge in [-0.25, -0.2) is 0 Å². The van der Waals surface area contributed by atoms with Gasteiger partial charge in [-0.3, -0.25) is 4.79 Å². The number of rotatable bonds is 4. The number of amides is 1. The quantitative estimate of drug-likeness (QED) is 0.892. The highest BCUT2D eigenvalue weighted by Crippen LogP contribution is 2.65. The van der Waals surface area contributed by atoms with Crippen LogP contribution in [-0.2, 0) is 11.2 Å². The first kappa shape index (κ1) is 14.4. The maximum absolute atomic E-state index is 11.2. The lowest BCUT2D eigenvalue weighted by Crippen LogP contribution is -2.40. The molecule has 1 amide bonds. The summed E-state index contributed by atoms with van der Waals surface area (Å²) in [5, 5.41) is 3.73. The van der Waals surface area contributed by atoms with Crippen molar-refractivity contribution < 1.29 is 4.79 Å². The molecule has 3 unspecified atom stereocenters. The first-order valence-corrected chi connectivity index (χ1v) is 7.97. The van der Waals surface area contributed by atoms with E-state index in [1.807, 2.05) is 18.2 Å². The Bertz CT molecular complexity index is 566. The van der Waals surface area contributed by atoms with E-state index in [2.05, 4.69) is 32.2 Å². The number of anilines is 1. The molecule has 3 nitrogen and oxygen atoms in total. The molecule has 0 heterocycles. The third kappa shape index (κ3) is 2.14. The Kier molecular flexibility index (Phi) is 3.27. The minimum atomic E-state index is -0.274. The van der Waals surface area contributed by atoms with Gasteiger partial charge < -0.3 is 11.1 Å². The van der Waals surface area contributed by atoms with E-state index >= 15 is 0 Å². The smallest absolute Gasteiger partial charge is 0.221 e. The van der Waals surface area contributed by atoms with Crippen molar-refractivity contribution in [3.8, 4) is 0 Å². The fourth-order valence-corrected chi connectivity index (χ4v) is 4.61. The van der Waals surface area contributed by atoms with Crippen molar-refractivity contribution in [1.82, 2.24) is 0 Å². The SMILES string of the molecule is CC1(C)C2CCC1(C)C(Nc1ccccc1CC(N)=O)C2. The van der Waals surface area contributed by atoms with Crippen LogP contribution in [0.15, 0.2) is 24.3 Å². The van der Waals surface area contributed by atoms with Crippen LogP contribution < -0.4 is 11.1 Å². The van der Waals surface area contributed by atoms with Gasteiger partial charge in [-0.2, -0.15) is 0 Å². The zero-order valence-corrected chi connectivity index (χ0v) is 13.3. The molecule has 0 spiro atoms. The highest BCUT2D eigenvalue weighted by atomic mass is 16.1. The van der Waals surface area contributed by atoms with Crippen molar-refractivity contribution in [2.45, 2.75) is 52.5 Å². The first-order chi connectivity index (χ1) is 9.84. The number of nitrogens with one attached hydrogen (secondary N) is 1. The van der Waals surface area contributed by atoms with Crippen LogP contribution in [0, 0.1) is 16.7 Å². The van der Waals surface area contributed by atoms with Crippen LogP contribution >= 0.6 is 0 Å². The Balaban J connectivity index is 1.84. The highest BCUT2D eigenvalue weighted by Gasteiger charge is 2.61. The summed E-state index contributed by atoms with van der Waals surface area (Å²) in [4.78, 5) is 11.2. The zero-order valence-electron chi connectivity index (χ0n) is 13.3. The van der Waals surface area contributed by atoms with Crippen molar-refractivity contribution in [3.05, 3.63) is 29.8 Å². The van der Waals surface area contributed by atoms with E-state index in [-0.39, 0.29) is 5.91 Å². The first-order valence-electron chi connectivity index (χ1n) is 7.97. The van der Waals surface area contributed by atoms with E-state index in [0.29, 0.717) is 23.3 Å². The van der Waals surface area contributed by atoms with Crippen molar-refractivity contribution >= 4 is 11.6 Å². The Morgan fingerprint density at radius 1 is 1.33 bits per heavy atom. The fraction of sp³-hybridized carbons (Fsp3) is 0.611. The number of primary amides is 1. The standard InChI is InChI=1S/C18H26N2O/c1-17(2)13-8-9-18(17,3)15(11-13)20-14-7-5-4-6-12(14)10-16(19)21/h4-7,13,15,20H,8-11H2,1-3H3,(H2,19,21). The summed E-state index contributed by atoms with van der Waals surface area (Å²) in [6, 6.07) is 8.54. The highest BCUT2D eigenvalue weighted by molar-refractivity contribution is 5.78. The molecule has 2 aliphatic carbocycles. The van der Waals surface area contributed by atoms with E-state index in [0.717, 1.165) is 17.2 Å². The second-order valence-corrected chi connectivity index (χ2v) is 7.61. The number of hydrogen-bond acceptors (Lipinski definition) is 2. The summed E-state index contributed by atoms with van der Waals surface area (Å²) >= 11 is 0. The average Bonchev–Trinajstić information content (AvgIpc) is 2.73. The molecule has 0 saturated heterocycles. The van der Waals surface area contributed by atoms with Crippen molar-refractivity contribution in [3.63, 3.8) is 0 Å². The normalized spacial score (nSPS) is 33.1. The summed E-state index contributed by atoms with van der Waals surface area (Å²) in [5.41, 5.74) is 8.17. The van der Waals surface area contributed by atoms with Gasteiger partial charge in [0.05, 0.1) is 6.42 Å². The van der Waals surface area contributed by atoms with Crippen LogP contribution in [0.5, 0.6) is 0 Å². The topological polar surface area (TPSA) is 55.1 Å². The van der Waals surface area contributed by atoms with Gasteiger partial charge >= 0.3 is 0 Å². The molecule has 0 aliphatic heterocycles. The Morgan fingerprint density at radius 3 is 2.62 bits per heavy atom. The molecule has 2 saturated carbocycles. The fourth-order valence-electron chi connectivity index (χ4n) is 4.61. The Labute approximate surface area is 127 Å². The molecule has 0 radical (unpaired) electrons. The molecule has 2 bridgehead atoms. The lowest BCUT2D eigenvalue weighted by molar-refractivity contribution is -0.117. The number of nitrogens with two attached hydrogens (primary N) is 1. The third-order valence-corrected chi connectivity index (χ3v) is 6.51. The molecule has 2 aliphatic rings. The molecule has 1 aromatic carbocycles. The van der Waals surface area contributed by atoms with Crippen molar-refractivity contribution in [2.24, 2.45) is 22.5 Å². The summed E-state index contributed by atoms with van der Waals surface area (Å²) in [6.07, 6.45) is 4.18. The maximum Gasteiger partial charge on any atom is 0.221 e. The summed E-state index contributed by atoms with van der Waals surface area (Å²) in [6.45, 7) is 7.26. The van der Waals surface area contributed by atoms with Crippen LogP contribution in [0.25, 0.3) is 0 Å². The second-order valence-electron chi connectivity index (χ2n) is 7.61. The van der Waals surface area contributed by atoms with E-state index in [4.69, 9.17) is 5.73 Å². The van der Waals surface area contributed by atoms with Gasteiger partial charge in [0.25, 0.3) is 0 Å². The second kappa shape index (κ2) is 4.75.